The van der Waals surface area contributed by atoms with Crippen molar-refractivity contribution in [3.63, 3.8) is 0 Å². The smallest absolute Gasteiger partial charge is 0.254 e. The number of carbonyl (C=O) groups excluding carboxylic acids is 2. The lowest BCUT2D eigenvalue weighted by atomic mass is 9.89. The van der Waals surface area contributed by atoms with Crippen molar-refractivity contribution in [2.24, 2.45) is 0 Å². The van der Waals surface area contributed by atoms with Gasteiger partial charge in [0.15, 0.2) is 0 Å². The van der Waals surface area contributed by atoms with Crippen LogP contribution in [0.4, 0.5) is 5.69 Å². The predicted octanol–water partition coefficient (Wildman–Crippen LogP) is 4.88. The number of nitrogens with one attached hydrogen (secondary N) is 1. The molecule has 1 aliphatic heterocycles. The minimum Gasteiger partial charge on any atom is -0.375 e. The zero-order chi connectivity index (χ0) is 25.6. The molecule has 0 saturated carbocycles. The minimum absolute atomic E-state index is 0.0329. The molecule has 3 aromatic carbocycles. The second-order valence-corrected chi connectivity index (χ2v) is 9.52. The molecule has 0 spiro atoms. The van der Waals surface area contributed by atoms with Gasteiger partial charge in [-0.05, 0) is 48.4 Å². The molecular formula is C30H32N4O3. The van der Waals surface area contributed by atoms with Crippen molar-refractivity contribution in [3.8, 4) is 0 Å². The van der Waals surface area contributed by atoms with Crippen LogP contribution < -0.4 is 5.32 Å². The van der Waals surface area contributed by atoms with Crippen LogP contribution in [-0.4, -0.2) is 53.1 Å². The number of methoxy groups -OCH3 is 1. The van der Waals surface area contributed by atoms with E-state index in [4.69, 9.17) is 4.74 Å². The number of carbonyl (C=O) groups is 2. The molecule has 0 atom stereocenters. The number of piperidine rings is 1. The second-order valence-electron chi connectivity index (χ2n) is 9.52. The number of fused-ring (bicyclic) bond motifs is 1. The second kappa shape index (κ2) is 11.4. The normalized spacial score (nSPS) is 14.1. The summed E-state index contributed by atoms with van der Waals surface area (Å²) in [4.78, 5) is 32.5. The topological polar surface area (TPSA) is 76.5 Å². The molecule has 0 radical (unpaired) electrons. The molecule has 4 aromatic rings. The maximum atomic E-state index is 13.5. The van der Waals surface area contributed by atoms with Crippen LogP contribution in [0.3, 0.4) is 0 Å². The van der Waals surface area contributed by atoms with Gasteiger partial charge in [-0.15, -0.1) is 0 Å². The highest BCUT2D eigenvalue weighted by Crippen LogP contribution is 2.30. The summed E-state index contributed by atoms with van der Waals surface area (Å²) < 4.78 is 7.05. The molecule has 1 saturated heterocycles. The van der Waals surface area contributed by atoms with Gasteiger partial charge in [0.2, 0.25) is 5.91 Å². The van der Waals surface area contributed by atoms with Crippen LogP contribution in [0.2, 0.25) is 0 Å². The van der Waals surface area contributed by atoms with Crippen LogP contribution >= 0.6 is 0 Å². The Morgan fingerprint density at radius 1 is 1.00 bits per heavy atom. The number of aromatic nitrogens is 2. The number of hydrogen-bond acceptors (Lipinski definition) is 4. The zero-order valence-corrected chi connectivity index (χ0v) is 21.1. The standard InChI is InChI=1S/C30H32N4O3/c1-37-20-28(35)32-27-19-25(30(36)33-16-13-24(14-17-33)23-10-6-3-7-11-23)18-26-29(27)34(21-31-26)15-12-22-8-4-2-5-9-22/h2-11,18-19,21,24H,12-17,20H2,1H3,(H,32,35). The zero-order valence-electron chi connectivity index (χ0n) is 21.1. The van der Waals surface area contributed by atoms with Gasteiger partial charge in [-0.3, -0.25) is 9.59 Å². The van der Waals surface area contributed by atoms with Crippen LogP contribution in [0, 0.1) is 0 Å². The van der Waals surface area contributed by atoms with Gasteiger partial charge < -0.3 is 19.5 Å². The molecule has 0 unspecified atom stereocenters. The van der Waals surface area contributed by atoms with Crippen molar-refractivity contribution in [1.29, 1.82) is 0 Å². The molecule has 1 aromatic heterocycles. The molecule has 1 fully saturated rings. The van der Waals surface area contributed by atoms with Gasteiger partial charge in [0.25, 0.3) is 5.91 Å². The third-order valence-electron chi connectivity index (χ3n) is 7.05. The molecular weight excluding hydrogens is 464 g/mol. The highest BCUT2D eigenvalue weighted by Gasteiger charge is 2.26. The van der Waals surface area contributed by atoms with Gasteiger partial charge in [-0.1, -0.05) is 60.7 Å². The summed E-state index contributed by atoms with van der Waals surface area (Å²) >= 11 is 0. The first kappa shape index (κ1) is 24.7. The van der Waals surface area contributed by atoms with Crippen LogP contribution in [0.1, 0.15) is 40.2 Å². The number of anilines is 1. The molecule has 0 aliphatic carbocycles. The third-order valence-corrected chi connectivity index (χ3v) is 7.05. The maximum Gasteiger partial charge on any atom is 0.254 e. The summed E-state index contributed by atoms with van der Waals surface area (Å²) in [6, 6.07) is 24.4. The molecule has 7 heteroatoms. The SMILES string of the molecule is COCC(=O)Nc1cc(C(=O)N2CCC(c3ccccc3)CC2)cc2ncn(CCc3ccccc3)c12. The van der Waals surface area contributed by atoms with Crippen molar-refractivity contribution in [1.82, 2.24) is 14.5 Å². The molecule has 7 nitrogen and oxygen atoms in total. The summed E-state index contributed by atoms with van der Waals surface area (Å²) in [6.45, 7) is 2.04. The van der Waals surface area contributed by atoms with E-state index in [0.717, 1.165) is 24.8 Å². The first-order valence-electron chi connectivity index (χ1n) is 12.8. The average Bonchev–Trinajstić information content (AvgIpc) is 3.36. The van der Waals surface area contributed by atoms with E-state index in [0.29, 0.717) is 42.3 Å². The molecule has 0 bridgehead atoms. The Bertz CT molecular complexity index is 1360. The minimum atomic E-state index is -0.270. The summed E-state index contributed by atoms with van der Waals surface area (Å²) in [7, 11) is 1.48. The van der Waals surface area contributed by atoms with Crippen molar-refractivity contribution in [3.05, 3.63) is 95.8 Å². The molecule has 37 heavy (non-hydrogen) atoms. The summed E-state index contributed by atoms with van der Waals surface area (Å²) in [5.74, 6) is 0.166. The first-order chi connectivity index (χ1) is 18.1. The summed E-state index contributed by atoms with van der Waals surface area (Å²) in [6.07, 6.45) is 4.47. The summed E-state index contributed by atoms with van der Waals surface area (Å²) in [5, 5.41) is 2.94. The molecule has 5 rings (SSSR count). The number of rotatable bonds is 8. The largest absolute Gasteiger partial charge is 0.375 e. The van der Waals surface area contributed by atoms with Crippen molar-refractivity contribution >= 4 is 28.5 Å². The Labute approximate surface area is 217 Å². The van der Waals surface area contributed by atoms with E-state index in [-0.39, 0.29) is 18.4 Å². The van der Waals surface area contributed by atoms with Crippen LogP contribution in [0.5, 0.6) is 0 Å². The number of amides is 2. The fourth-order valence-corrected chi connectivity index (χ4v) is 5.13. The third kappa shape index (κ3) is 5.73. The van der Waals surface area contributed by atoms with E-state index in [1.54, 1.807) is 12.4 Å². The van der Waals surface area contributed by atoms with Crippen molar-refractivity contribution in [2.45, 2.75) is 31.7 Å². The molecule has 2 heterocycles. The summed E-state index contributed by atoms with van der Waals surface area (Å²) in [5.41, 5.74) is 5.16. The molecule has 1 aliphatic rings. The van der Waals surface area contributed by atoms with E-state index in [1.165, 1.54) is 18.2 Å². The van der Waals surface area contributed by atoms with Gasteiger partial charge in [0.05, 0.1) is 23.0 Å². The van der Waals surface area contributed by atoms with E-state index in [9.17, 15) is 9.59 Å². The number of imidazole rings is 1. The maximum absolute atomic E-state index is 13.5. The van der Waals surface area contributed by atoms with E-state index in [1.807, 2.05) is 39.8 Å². The lowest BCUT2D eigenvalue weighted by Crippen LogP contribution is -2.38. The van der Waals surface area contributed by atoms with Crippen LogP contribution in [-0.2, 0) is 22.5 Å². The fourth-order valence-electron chi connectivity index (χ4n) is 5.13. The number of aryl methyl sites for hydroxylation is 2. The number of nitrogens with zero attached hydrogens (tertiary/aromatic N) is 3. The fraction of sp³-hybridized carbons (Fsp3) is 0.300. The highest BCUT2D eigenvalue weighted by atomic mass is 16.5. The number of benzene rings is 3. The predicted molar refractivity (Wildman–Crippen MR) is 145 cm³/mol. The Morgan fingerprint density at radius 3 is 2.41 bits per heavy atom. The Kier molecular flexibility index (Phi) is 7.61. The van der Waals surface area contributed by atoms with Gasteiger partial charge in [-0.2, -0.15) is 0 Å². The molecule has 1 N–H and O–H groups in total. The molecule has 2 amide bonds. The monoisotopic (exact) mass is 496 g/mol. The number of hydrogen-bond donors (Lipinski definition) is 1. The Balaban J connectivity index is 1.38. The van der Waals surface area contributed by atoms with Crippen molar-refractivity contribution < 1.29 is 14.3 Å². The quantitative estimate of drug-likeness (QED) is 0.377. The van der Waals surface area contributed by atoms with Gasteiger partial charge in [0.1, 0.15) is 6.61 Å². The van der Waals surface area contributed by atoms with Crippen LogP contribution in [0.15, 0.2) is 79.1 Å². The van der Waals surface area contributed by atoms with E-state index < -0.39 is 0 Å². The lowest BCUT2D eigenvalue weighted by Gasteiger charge is -2.32. The Hall–Kier alpha value is -3.97. The highest BCUT2D eigenvalue weighted by molar-refractivity contribution is 6.05. The number of likely N-dealkylation sites (tertiary alicyclic amines) is 1. The Morgan fingerprint density at radius 2 is 1.70 bits per heavy atom. The first-order valence-corrected chi connectivity index (χ1v) is 12.8. The van der Waals surface area contributed by atoms with Crippen LogP contribution in [0.25, 0.3) is 11.0 Å². The van der Waals surface area contributed by atoms with Crippen molar-refractivity contribution in [2.75, 3.05) is 32.1 Å². The van der Waals surface area contributed by atoms with E-state index in [2.05, 4.69) is 46.7 Å². The van der Waals surface area contributed by atoms with E-state index >= 15 is 0 Å². The molecule has 190 valence electrons. The van der Waals surface area contributed by atoms with Gasteiger partial charge in [-0.25, -0.2) is 4.98 Å². The van der Waals surface area contributed by atoms with Gasteiger partial charge in [0, 0.05) is 32.3 Å². The lowest BCUT2D eigenvalue weighted by molar-refractivity contribution is -0.119. The van der Waals surface area contributed by atoms with Gasteiger partial charge >= 0.3 is 0 Å². The number of ether oxygens (including phenoxy) is 1. The average molecular weight is 497 g/mol.